The number of esters is 1. The van der Waals surface area contributed by atoms with Gasteiger partial charge >= 0.3 is 5.97 Å². The van der Waals surface area contributed by atoms with Crippen molar-refractivity contribution in [3.05, 3.63) is 12.7 Å². The predicted molar refractivity (Wildman–Crippen MR) is 53.9 cm³/mol. The molecule has 0 saturated heterocycles. The van der Waals surface area contributed by atoms with Crippen LogP contribution in [-0.2, 0) is 9.53 Å². The monoisotopic (exact) mass is 208 g/mol. The highest BCUT2D eigenvalue weighted by molar-refractivity contribution is 5.81. The second-order valence-electron chi connectivity index (χ2n) is 5.16. The predicted octanol–water partition coefficient (Wildman–Crippen LogP) is 1.12. The molecule has 4 rings (SSSR count). The number of carbonyl (C=O) groups excluding carboxylic acids is 1. The molecule has 4 saturated carbocycles. The fraction of sp³-hybridized carbons (Fsp3) is 0.750. The quantitative estimate of drug-likeness (QED) is 0.546. The molecule has 3 nitrogen and oxygen atoms in total. The van der Waals surface area contributed by atoms with E-state index in [1.54, 1.807) is 0 Å². The molecule has 4 bridgehead atoms. The maximum atomic E-state index is 11.2. The van der Waals surface area contributed by atoms with Crippen molar-refractivity contribution >= 4 is 5.97 Å². The number of hydrogen-bond donors (Lipinski definition) is 1. The summed E-state index contributed by atoms with van der Waals surface area (Å²) >= 11 is 0. The number of carbonyl (C=O) groups is 1. The zero-order valence-electron chi connectivity index (χ0n) is 8.63. The SMILES string of the molecule is C=CC(=O)OC1C2CC3CC(C2)C1C3O. The molecule has 0 aromatic heterocycles. The Bertz CT molecular complexity index is 310. The summed E-state index contributed by atoms with van der Waals surface area (Å²) in [6.45, 7) is 3.41. The van der Waals surface area contributed by atoms with E-state index >= 15 is 0 Å². The van der Waals surface area contributed by atoms with E-state index in [0.717, 1.165) is 19.3 Å². The van der Waals surface area contributed by atoms with Crippen molar-refractivity contribution in [3.63, 3.8) is 0 Å². The number of aliphatic hydroxyl groups is 1. The second kappa shape index (κ2) is 3.08. The number of aliphatic hydroxyl groups excluding tert-OH is 1. The summed E-state index contributed by atoms with van der Waals surface area (Å²) in [5.41, 5.74) is 0. The van der Waals surface area contributed by atoms with Crippen molar-refractivity contribution in [3.8, 4) is 0 Å². The maximum Gasteiger partial charge on any atom is 0.330 e. The van der Waals surface area contributed by atoms with Gasteiger partial charge in [-0.05, 0) is 37.0 Å². The summed E-state index contributed by atoms with van der Waals surface area (Å²) in [7, 11) is 0. The van der Waals surface area contributed by atoms with Gasteiger partial charge in [0, 0.05) is 12.0 Å². The highest BCUT2D eigenvalue weighted by atomic mass is 16.5. The third-order valence-electron chi connectivity index (χ3n) is 4.50. The van der Waals surface area contributed by atoms with Crippen LogP contribution in [0.4, 0.5) is 0 Å². The molecule has 1 N–H and O–H groups in total. The third-order valence-corrected chi connectivity index (χ3v) is 4.50. The lowest BCUT2D eigenvalue weighted by atomic mass is 9.79. The smallest absolute Gasteiger partial charge is 0.330 e. The van der Waals surface area contributed by atoms with Crippen molar-refractivity contribution in [2.24, 2.45) is 23.7 Å². The first-order chi connectivity index (χ1) is 7.20. The van der Waals surface area contributed by atoms with E-state index in [0.29, 0.717) is 17.8 Å². The summed E-state index contributed by atoms with van der Waals surface area (Å²) in [6.07, 6.45) is 4.22. The van der Waals surface area contributed by atoms with Crippen LogP contribution in [0.5, 0.6) is 0 Å². The molecule has 6 unspecified atom stereocenters. The van der Waals surface area contributed by atoms with Gasteiger partial charge in [-0.2, -0.15) is 0 Å². The number of rotatable bonds is 2. The Morgan fingerprint density at radius 2 is 1.93 bits per heavy atom. The van der Waals surface area contributed by atoms with Gasteiger partial charge in [0.25, 0.3) is 0 Å². The van der Waals surface area contributed by atoms with Crippen LogP contribution >= 0.6 is 0 Å². The minimum absolute atomic E-state index is 0.0470. The number of ether oxygens (including phenoxy) is 1. The summed E-state index contributed by atoms with van der Waals surface area (Å²) in [5, 5.41) is 10.0. The fourth-order valence-corrected chi connectivity index (χ4v) is 4.04. The summed E-state index contributed by atoms with van der Waals surface area (Å²) in [6, 6.07) is 0. The van der Waals surface area contributed by atoms with E-state index in [1.165, 1.54) is 6.08 Å². The van der Waals surface area contributed by atoms with Gasteiger partial charge in [-0.15, -0.1) is 0 Å². The lowest BCUT2D eigenvalue weighted by Gasteiger charge is -2.34. The van der Waals surface area contributed by atoms with Crippen LogP contribution in [0.1, 0.15) is 19.3 Å². The molecule has 4 aliphatic rings. The van der Waals surface area contributed by atoms with Crippen molar-refractivity contribution in [2.45, 2.75) is 31.5 Å². The molecule has 15 heavy (non-hydrogen) atoms. The molecule has 0 spiro atoms. The third kappa shape index (κ3) is 1.19. The molecular weight excluding hydrogens is 192 g/mol. The van der Waals surface area contributed by atoms with Gasteiger partial charge < -0.3 is 9.84 Å². The Morgan fingerprint density at radius 1 is 1.27 bits per heavy atom. The van der Waals surface area contributed by atoms with E-state index in [1.807, 2.05) is 0 Å². The normalized spacial score (nSPS) is 50.7. The molecule has 0 aromatic carbocycles. The zero-order valence-corrected chi connectivity index (χ0v) is 8.63. The average molecular weight is 208 g/mol. The van der Waals surface area contributed by atoms with Crippen molar-refractivity contribution in [1.82, 2.24) is 0 Å². The van der Waals surface area contributed by atoms with Crippen LogP contribution in [0.2, 0.25) is 0 Å². The van der Waals surface area contributed by atoms with Crippen LogP contribution < -0.4 is 0 Å². The molecule has 6 atom stereocenters. The van der Waals surface area contributed by atoms with Gasteiger partial charge in [0.2, 0.25) is 0 Å². The highest BCUT2D eigenvalue weighted by Gasteiger charge is 2.60. The Morgan fingerprint density at radius 3 is 2.67 bits per heavy atom. The molecule has 4 fully saturated rings. The van der Waals surface area contributed by atoms with Gasteiger partial charge in [0.15, 0.2) is 0 Å². The lowest BCUT2D eigenvalue weighted by molar-refractivity contribution is -0.152. The fourth-order valence-electron chi connectivity index (χ4n) is 4.04. The van der Waals surface area contributed by atoms with Crippen molar-refractivity contribution < 1.29 is 14.6 Å². The summed E-state index contributed by atoms with van der Waals surface area (Å²) in [5.74, 6) is 1.41. The maximum absolute atomic E-state index is 11.2. The molecule has 0 aromatic rings. The Hall–Kier alpha value is -0.830. The molecule has 0 aliphatic heterocycles. The van der Waals surface area contributed by atoms with Gasteiger partial charge in [0.1, 0.15) is 6.10 Å². The van der Waals surface area contributed by atoms with E-state index in [-0.39, 0.29) is 24.1 Å². The van der Waals surface area contributed by atoms with E-state index < -0.39 is 0 Å². The Kier molecular flexibility index (Phi) is 1.93. The molecule has 0 radical (unpaired) electrons. The van der Waals surface area contributed by atoms with Crippen molar-refractivity contribution in [2.75, 3.05) is 0 Å². The first-order valence-corrected chi connectivity index (χ1v) is 5.72. The Balaban J connectivity index is 1.80. The highest BCUT2D eigenvalue weighted by Crippen LogP contribution is 2.59. The lowest BCUT2D eigenvalue weighted by Crippen LogP contribution is -2.41. The van der Waals surface area contributed by atoms with Gasteiger partial charge in [-0.25, -0.2) is 4.79 Å². The topological polar surface area (TPSA) is 46.5 Å². The van der Waals surface area contributed by atoms with Crippen LogP contribution in [0.25, 0.3) is 0 Å². The minimum Gasteiger partial charge on any atom is -0.459 e. The van der Waals surface area contributed by atoms with Gasteiger partial charge in [0.05, 0.1) is 6.10 Å². The van der Waals surface area contributed by atoms with Crippen molar-refractivity contribution in [1.29, 1.82) is 0 Å². The Labute approximate surface area is 89.1 Å². The summed E-state index contributed by atoms with van der Waals surface area (Å²) in [4.78, 5) is 11.2. The minimum atomic E-state index is -0.344. The molecule has 3 heteroatoms. The molecular formula is C12H16O3. The zero-order chi connectivity index (χ0) is 10.6. The molecule has 0 heterocycles. The summed E-state index contributed by atoms with van der Waals surface area (Å²) < 4.78 is 5.38. The van der Waals surface area contributed by atoms with E-state index in [4.69, 9.17) is 4.74 Å². The van der Waals surface area contributed by atoms with Gasteiger partial charge in [-0.3, -0.25) is 0 Å². The van der Waals surface area contributed by atoms with Crippen LogP contribution in [-0.4, -0.2) is 23.3 Å². The molecule has 82 valence electrons. The van der Waals surface area contributed by atoms with Crippen LogP contribution in [0.3, 0.4) is 0 Å². The number of hydrogen-bond acceptors (Lipinski definition) is 3. The first kappa shape index (κ1) is 9.40. The standard InChI is InChI=1S/C12H16O3/c1-2-9(13)15-12-8-4-6-3-7(5-8)11(14)10(6)12/h2,6-8,10-12,14H,1,3-5H2. The largest absolute Gasteiger partial charge is 0.459 e. The average Bonchev–Trinajstić information content (AvgIpc) is 2.60. The van der Waals surface area contributed by atoms with E-state index in [9.17, 15) is 9.90 Å². The molecule has 0 amide bonds. The van der Waals surface area contributed by atoms with E-state index in [2.05, 4.69) is 6.58 Å². The van der Waals surface area contributed by atoms with Crippen LogP contribution in [0.15, 0.2) is 12.7 Å². The second-order valence-corrected chi connectivity index (χ2v) is 5.16. The van der Waals surface area contributed by atoms with Gasteiger partial charge in [-0.1, -0.05) is 6.58 Å². The first-order valence-electron chi connectivity index (χ1n) is 5.72. The van der Waals surface area contributed by atoms with Crippen LogP contribution in [0, 0.1) is 23.7 Å². The molecule has 4 aliphatic carbocycles.